The molecule has 8 heteroatoms. The van der Waals surface area contributed by atoms with Gasteiger partial charge in [0.25, 0.3) is 0 Å². The fourth-order valence-corrected chi connectivity index (χ4v) is 3.52. The van der Waals surface area contributed by atoms with Gasteiger partial charge in [-0.15, -0.1) is 0 Å². The van der Waals surface area contributed by atoms with Crippen LogP contribution in [0.4, 0.5) is 4.39 Å². The first-order chi connectivity index (χ1) is 10.5. The zero-order valence-electron chi connectivity index (χ0n) is 11.2. The largest absolute Gasteiger partial charge is 0.454 e. The summed E-state index contributed by atoms with van der Waals surface area (Å²) in [6.07, 6.45) is 0.590. The summed E-state index contributed by atoms with van der Waals surface area (Å²) in [6, 6.07) is 5.16. The monoisotopic (exact) mass is 355 g/mol. The molecule has 0 aliphatic rings. The van der Waals surface area contributed by atoms with Gasteiger partial charge in [0.05, 0.1) is 11.2 Å². The summed E-state index contributed by atoms with van der Waals surface area (Å²) in [5.41, 5.74) is 1.20. The van der Waals surface area contributed by atoms with Crippen molar-refractivity contribution in [3.63, 3.8) is 0 Å². The van der Waals surface area contributed by atoms with Crippen molar-refractivity contribution in [1.82, 2.24) is 14.6 Å². The van der Waals surface area contributed by atoms with Gasteiger partial charge in [0, 0.05) is 16.5 Å². The Kier molecular flexibility index (Phi) is 3.14. The Morgan fingerprint density at radius 2 is 2.14 bits per heavy atom. The molecular formula is C14H8Cl2FN3OS. The lowest BCUT2D eigenvalue weighted by Crippen LogP contribution is -1.86. The van der Waals surface area contributed by atoms with Gasteiger partial charge < -0.3 is 4.42 Å². The minimum absolute atomic E-state index is 0.397. The van der Waals surface area contributed by atoms with Crippen molar-refractivity contribution in [3.05, 3.63) is 39.4 Å². The summed E-state index contributed by atoms with van der Waals surface area (Å²) >= 11 is 13.3. The first-order valence-electron chi connectivity index (χ1n) is 6.40. The van der Waals surface area contributed by atoms with E-state index in [2.05, 4.69) is 10.1 Å². The van der Waals surface area contributed by atoms with Crippen LogP contribution in [0.25, 0.3) is 27.4 Å². The molecule has 0 aliphatic carbocycles. The number of alkyl halides is 1. The van der Waals surface area contributed by atoms with Gasteiger partial charge in [-0.05, 0) is 19.1 Å². The summed E-state index contributed by atoms with van der Waals surface area (Å²) in [5, 5.41) is 6.34. The fourth-order valence-electron chi connectivity index (χ4n) is 2.19. The van der Waals surface area contributed by atoms with E-state index in [0.717, 1.165) is 5.39 Å². The topological polar surface area (TPSA) is 43.3 Å². The average Bonchev–Trinajstić information content (AvgIpc) is 3.07. The molecule has 4 nitrogen and oxygen atoms in total. The Morgan fingerprint density at radius 3 is 2.86 bits per heavy atom. The molecule has 1 atom stereocenters. The molecule has 22 heavy (non-hydrogen) atoms. The third kappa shape index (κ3) is 2.18. The lowest BCUT2D eigenvalue weighted by molar-refractivity contribution is 0.370. The van der Waals surface area contributed by atoms with E-state index in [1.54, 1.807) is 28.9 Å². The third-order valence-electron chi connectivity index (χ3n) is 3.20. The Bertz CT molecular complexity index is 973. The van der Waals surface area contributed by atoms with E-state index in [-0.39, 0.29) is 0 Å². The number of hydrogen-bond acceptors (Lipinski definition) is 4. The molecule has 3 aromatic heterocycles. The minimum atomic E-state index is -1.11. The summed E-state index contributed by atoms with van der Waals surface area (Å²) in [5.74, 6) is 0.562. The van der Waals surface area contributed by atoms with Gasteiger partial charge in [0.2, 0.25) is 4.96 Å². The first-order valence-corrected chi connectivity index (χ1v) is 7.97. The van der Waals surface area contributed by atoms with E-state index in [4.69, 9.17) is 27.6 Å². The maximum absolute atomic E-state index is 13.3. The number of fused-ring (bicyclic) bond motifs is 2. The summed E-state index contributed by atoms with van der Waals surface area (Å²) in [6.45, 7) is 1.45. The smallest absolute Gasteiger partial charge is 0.212 e. The highest BCUT2D eigenvalue weighted by Gasteiger charge is 2.16. The Hall–Kier alpha value is -1.63. The van der Waals surface area contributed by atoms with Gasteiger partial charge in [-0.25, -0.2) is 13.9 Å². The van der Waals surface area contributed by atoms with Crippen molar-refractivity contribution >= 4 is 50.5 Å². The van der Waals surface area contributed by atoms with E-state index < -0.39 is 6.17 Å². The normalized spacial score (nSPS) is 13.3. The summed E-state index contributed by atoms with van der Waals surface area (Å²) < 4.78 is 20.6. The van der Waals surface area contributed by atoms with Crippen LogP contribution in [0.15, 0.2) is 28.8 Å². The molecule has 0 amide bonds. The molecule has 0 aliphatic heterocycles. The highest BCUT2D eigenvalue weighted by Crippen LogP contribution is 2.34. The number of hydrogen-bond donors (Lipinski definition) is 0. The summed E-state index contributed by atoms with van der Waals surface area (Å²) in [4.78, 5) is 5.03. The van der Waals surface area contributed by atoms with Gasteiger partial charge in [-0.1, -0.05) is 34.5 Å². The number of benzene rings is 1. The van der Waals surface area contributed by atoms with Crippen LogP contribution in [-0.2, 0) is 0 Å². The van der Waals surface area contributed by atoms with E-state index in [0.29, 0.717) is 37.1 Å². The second-order valence-electron chi connectivity index (χ2n) is 4.82. The van der Waals surface area contributed by atoms with Crippen LogP contribution in [0, 0.1) is 0 Å². The second kappa shape index (κ2) is 4.94. The van der Waals surface area contributed by atoms with Crippen LogP contribution in [0.2, 0.25) is 10.0 Å². The molecule has 112 valence electrons. The van der Waals surface area contributed by atoms with E-state index in [1.807, 2.05) is 0 Å². The van der Waals surface area contributed by atoms with Crippen molar-refractivity contribution in [3.8, 4) is 11.5 Å². The standard InChI is InChI=1S/C14H8Cl2FN3OS/c1-6(17)13-19-20-5-10(18-14(20)22-13)12-4-8-9(16)2-7(15)3-11(8)21-12/h2-6H,1H3. The maximum Gasteiger partial charge on any atom is 0.212 e. The fraction of sp³-hybridized carbons (Fsp3) is 0.143. The molecule has 0 radical (unpaired) electrons. The minimum Gasteiger partial charge on any atom is -0.454 e. The summed E-state index contributed by atoms with van der Waals surface area (Å²) in [7, 11) is 0. The Labute approximate surface area is 138 Å². The quantitative estimate of drug-likeness (QED) is 0.474. The van der Waals surface area contributed by atoms with Crippen LogP contribution in [0.1, 0.15) is 18.1 Å². The van der Waals surface area contributed by atoms with Crippen molar-refractivity contribution in [2.24, 2.45) is 0 Å². The number of halogens is 3. The van der Waals surface area contributed by atoms with E-state index >= 15 is 0 Å². The highest BCUT2D eigenvalue weighted by atomic mass is 35.5. The van der Waals surface area contributed by atoms with Crippen LogP contribution < -0.4 is 0 Å². The predicted octanol–water partition coefficient (Wildman–Crippen LogP) is 5.54. The number of aromatic nitrogens is 3. The molecule has 3 heterocycles. The lowest BCUT2D eigenvalue weighted by Gasteiger charge is -1.92. The molecule has 1 unspecified atom stereocenters. The predicted molar refractivity (Wildman–Crippen MR) is 85.6 cm³/mol. The molecule has 4 rings (SSSR count). The molecular weight excluding hydrogens is 348 g/mol. The molecule has 0 saturated carbocycles. The average molecular weight is 356 g/mol. The van der Waals surface area contributed by atoms with Crippen molar-refractivity contribution < 1.29 is 8.81 Å². The molecule has 0 bridgehead atoms. The van der Waals surface area contributed by atoms with Crippen LogP contribution in [-0.4, -0.2) is 14.6 Å². The molecule has 4 aromatic rings. The highest BCUT2D eigenvalue weighted by molar-refractivity contribution is 7.16. The molecule has 0 spiro atoms. The van der Waals surface area contributed by atoms with Gasteiger partial charge in [0.1, 0.15) is 11.3 Å². The molecule has 0 N–H and O–H groups in total. The van der Waals surface area contributed by atoms with Crippen molar-refractivity contribution in [2.75, 3.05) is 0 Å². The third-order valence-corrected chi connectivity index (χ3v) is 4.81. The zero-order chi connectivity index (χ0) is 15.4. The molecule has 0 fully saturated rings. The Balaban J connectivity index is 1.84. The van der Waals surface area contributed by atoms with E-state index in [1.165, 1.54) is 18.3 Å². The van der Waals surface area contributed by atoms with Crippen LogP contribution >= 0.6 is 34.5 Å². The number of rotatable bonds is 2. The van der Waals surface area contributed by atoms with Gasteiger partial charge >= 0.3 is 0 Å². The van der Waals surface area contributed by atoms with E-state index in [9.17, 15) is 4.39 Å². The maximum atomic E-state index is 13.3. The van der Waals surface area contributed by atoms with Gasteiger partial charge in [-0.3, -0.25) is 0 Å². The first kappa shape index (κ1) is 14.0. The van der Waals surface area contributed by atoms with Gasteiger partial charge in [-0.2, -0.15) is 5.10 Å². The second-order valence-corrected chi connectivity index (χ2v) is 6.65. The zero-order valence-corrected chi connectivity index (χ0v) is 13.5. The number of furan rings is 1. The number of nitrogens with zero attached hydrogens (tertiary/aromatic N) is 3. The van der Waals surface area contributed by atoms with Crippen molar-refractivity contribution in [1.29, 1.82) is 0 Å². The molecule has 0 saturated heterocycles. The van der Waals surface area contributed by atoms with Crippen LogP contribution in [0.5, 0.6) is 0 Å². The van der Waals surface area contributed by atoms with Gasteiger partial charge in [0.15, 0.2) is 16.9 Å². The Morgan fingerprint density at radius 1 is 1.32 bits per heavy atom. The number of imidazole rings is 1. The lowest BCUT2D eigenvalue weighted by atomic mass is 10.2. The SMILES string of the molecule is CC(F)c1nn2cc(-c3cc4c(Cl)cc(Cl)cc4o3)nc2s1. The van der Waals surface area contributed by atoms with Crippen LogP contribution in [0.3, 0.4) is 0 Å². The molecule has 1 aromatic carbocycles. The van der Waals surface area contributed by atoms with Crippen molar-refractivity contribution in [2.45, 2.75) is 13.1 Å².